The van der Waals surface area contributed by atoms with E-state index in [0.29, 0.717) is 0 Å². The van der Waals surface area contributed by atoms with Crippen LogP contribution in [0, 0.1) is 0 Å². The molecule has 2 N–H and O–H groups in total. The Balaban J connectivity index is 2.23. The molecule has 0 fully saturated rings. The Morgan fingerprint density at radius 3 is 3.33 bits per heavy atom. The van der Waals surface area contributed by atoms with Crippen molar-refractivity contribution in [2.45, 2.75) is 13.2 Å². The number of aromatic nitrogens is 3. The zero-order chi connectivity index (χ0) is 10.8. The lowest BCUT2D eigenvalue weighted by Crippen LogP contribution is -2.33. The van der Waals surface area contributed by atoms with E-state index in [4.69, 9.17) is 4.74 Å². The lowest BCUT2D eigenvalue weighted by Gasteiger charge is -2.18. The van der Waals surface area contributed by atoms with Crippen LogP contribution in [0.4, 0.5) is 5.95 Å². The average molecular weight is 211 g/mol. The molecule has 0 saturated heterocycles. The number of carbonyl (C=O) groups excluding carboxylic acids is 1. The van der Waals surface area contributed by atoms with Crippen molar-refractivity contribution in [3.63, 3.8) is 0 Å². The molecule has 0 bridgehead atoms. The van der Waals surface area contributed by atoms with Crippen molar-refractivity contribution in [1.82, 2.24) is 14.8 Å². The van der Waals surface area contributed by atoms with Gasteiger partial charge in [-0.25, -0.2) is 10.2 Å². The number of anilines is 1. The van der Waals surface area contributed by atoms with E-state index in [2.05, 4.69) is 20.6 Å². The third-order valence-electron chi connectivity index (χ3n) is 1.81. The lowest BCUT2D eigenvalue weighted by atomic mass is 10.3. The molecule has 8 heteroatoms. The van der Waals surface area contributed by atoms with Crippen LogP contribution in [0.15, 0.2) is 11.4 Å². The van der Waals surface area contributed by atoms with E-state index in [1.54, 1.807) is 6.92 Å². The van der Waals surface area contributed by atoms with E-state index in [-0.39, 0.29) is 18.3 Å². The number of fused-ring (bicyclic) bond motifs is 1. The van der Waals surface area contributed by atoms with Gasteiger partial charge in [-0.3, -0.25) is 0 Å². The van der Waals surface area contributed by atoms with Gasteiger partial charge in [0.05, 0.1) is 6.61 Å². The lowest BCUT2D eigenvalue weighted by molar-refractivity contribution is -0.135. The van der Waals surface area contributed by atoms with Crippen molar-refractivity contribution in [2.75, 3.05) is 12.0 Å². The second-order valence-corrected chi connectivity index (χ2v) is 2.73. The number of hydrogen-bond donors (Lipinski definition) is 2. The number of hydrazone groups is 1. The fourth-order valence-electron chi connectivity index (χ4n) is 1.15. The first-order chi connectivity index (χ1) is 7.24. The minimum atomic E-state index is -1.26. The van der Waals surface area contributed by atoms with Gasteiger partial charge < -0.3 is 9.84 Å². The number of hydrogen-bond acceptors (Lipinski definition) is 7. The molecule has 0 aliphatic carbocycles. The largest absolute Gasteiger partial charge is 0.461 e. The van der Waals surface area contributed by atoms with Crippen molar-refractivity contribution in [3.05, 3.63) is 6.33 Å². The molecular formula is C7H9N5O3. The van der Waals surface area contributed by atoms with Crippen LogP contribution in [0.5, 0.6) is 0 Å². The Bertz CT molecular complexity index is 413. The van der Waals surface area contributed by atoms with Gasteiger partial charge in [0.25, 0.3) is 0 Å². The Kier molecular flexibility index (Phi) is 2.34. The molecule has 0 aromatic carbocycles. The van der Waals surface area contributed by atoms with E-state index in [1.807, 2.05) is 0 Å². The van der Waals surface area contributed by atoms with Crippen molar-refractivity contribution >= 4 is 17.6 Å². The SMILES string of the molecule is CCOC(=O)C1=NNc2ncnn2C1O. The van der Waals surface area contributed by atoms with Crippen molar-refractivity contribution in [2.24, 2.45) is 5.10 Å². The summed E-state index contributed by atoms with van der Waals surface area (Å²) >= 11 is 0. The predicted octanol–water partition coefficient (Wildman–Crippen LogP) is -0.886. The highest BCUT2D eigenvalue weighted by atomic mass is 16.5. The highest BCUT2D eigenvalue weighted by Gasteiger charge is 2.30. The molecule has 0 radical (unpaired) electrons. The summed E-state index contributed by atoms with van der Waals surface area (Å²) in [5.41, 5.74) is 2.34. The van der Waals surface area contributed by atoms with E-state index in [9.17, 15) is 9.90 Å². The molecule has 2 heterocycles. The molecule has 80 valence electrons. The second-order valence-electron chi connectivity index (χ2n) is 2.73. The maximum absolute atomic E-state index is 11.3. The highest BCUT2D eigenvalue weighted by molar-refractivity contribution is 6.37. The molecular weight excluding hydrogens is 202 g/mol. The van der Waals surface area contributed by atoms with Crippen LogP contribution < -0.4 is 5.43 Å². The third-order valence-corrected chi connectivity index (χ3v) is 1.81. The van der Waals surface area contributed by atoms with Gasteiger partial charge >= 0.3 is 5.97 Å². The Morgan fingerprint density at radius 2 is 2.60 bits per heavy atom. The van der Waals surface area contributed by atoms with Gasteiger partial charge in [0.1, 0.15) is 6.33 Å². The fourth-order valence-corrected chi connectivity index (χ4v) is 1.15. The number of esters is 1. The average Bonchev–Trinajstić information content (AvgIpc) is 2.67. The van der Waals surface area contributed by atoms with Crippen molar-refractivity contribution in [1.29, 1.82) is 0 Å². The summed E-state index contributed by atoms with van der Waals surface area (Å²) in [4.78, 5) is 15.1. The van der Waals surface area contributed by atoms with Gasteiger partial charge in [-0.05, 0) is 6.92 Å². The van der Waals surface area contributed by atoms with E-state index >= 15 is 0 Å². The smallest absolute Gasteiger partial charge is 0.359 e. The third kappa shape index (κ3) is 1.54. The minimum absolute atomic E-state index is 0.144. The summed E-state index contributed by atoms with van der Waals surface area (Å²) in [6.07, 6.45) is -0.0161. The maximum Gasteiger partial charge on any atom is 0.359 e. The molecule has 1 unspecified atom stereocenters. The molecule has 1 aliphatic rings. The topological polar surface area (TPSA) is 102 Å². The number of nitrogens with one attached hydrogen (secondary N) is 1. The van der Waals surface area contributed by atoms with Crippen LogP contribution >= 0.6 is 0 Å². The van der Waals surface area contributed by atoms with Gasteiger partial charge in [-0.15, -0.1) is 0 Å². The summed E-state index contributed by atoms with van der Waals surface area (Å²) in [5.74, 6) is -0.408. The predicted molar refractivity (Wildman–Crippen MR) is 49.0 cm³/mol. The maximum atomic E-state index is 11.3. The van der Waals surface area contributed by atoms with Crippen molar-refractivity contribution < 1.29 is 14.6 Å². The Labute approximate surface area is 84.6 Å². The van der Waals surface area contributed by atoms with Gasteiger partial charge in [-0.2, -0.15) is 19.9 Å². The van der Waals surface area contributed by atoms with Crippen LogP contribution in [0.2, 0.25) is 0 Å². The molecule has 0 amide bonds. The quantitative estimate of drug-likeness (QED) is 0.615. The molecule has 0 spiro atoms. The molecule has 15 heavy (non-hydrogen) atoms. The molecule has 1 aliphatic heterocycles. The summed E-state index contributed by atoms with van der Waals surface area (Å²) in [7, 11) is 0. The number of rotatable bonds is 2. The van der Waals surface area contributed by atoms with E-state index < -0.39 is 12.2 Å². The first-order valence-electron chi connectivity index (χ1n) is 4.32. The van der Waals surface area contributed by atoms with Crippen LogP contribution in [0.1, 0.15) is 13.2 Å². The van der Waals surface area contributed by atoms with Gasteiger partial charge in [0.2, 0.25) is 12.2 Å². The number of nitrogens with zero attached hydrogens (tertiary/aromatic N) is 4. The Hall–Kier alpha value is -1.96. The zero-order valence-corrected chi connectivity index (χ0v) is 7.91. The van der Waals surface area contributed by atoms with Gasteiger partial charge in [0.15, 0.2) is 5.71 Å². The molecule has 2 rings (SSSR count). The monoisotopic (exact) mass is 211 g/mol. The number of aliphatic hydroxyl groups excluding tert-OH is 1. The molecule has 1 aromatic rings. The van der Waals surface area contributed by atoms with Crippen LogP contribution in [0.3, 0.4) is 0 Å². The van der Waals surface area contributed by atoms with E-state index in [0.717, 1.165) is 4.68 Å². The minimum Gasteiger partial charge on any atom is -0.461 e. The van der Waals surface area contributed by atoms with Crippen LogP contribution in [0.25, 0.3) is 0 Å². The number of carbonyl (C=O) groups is 1. The molecule has 1 aromatic heterocycles. The summed E-state index contributed by atoms with van der Waals surface area (Å²) in [6.45, 7) is 1.89. The summed E-state index contributed by atoms with van der Waals surface area (Å²) in [6, 6.07) is 0. The summed E-state index contributed by atoms with van der Waals surface area (Å²) in [5, 5.41) is 17.1. The Morgan fingerprint density at radius 1 is 1.80 bits per heavy atom. The van der Waals surface area contributed by atoms with Gasteiger partial charge in [0, 0.05) is 0 Å². The normalized spacial score (nSPS) is 18.8. The molecule has 0 saturated carbocycles. The zero-order valence-electron chi connectivity index (χ0n) is 7.91. The first-order valence-corrected chi connectivity index (χ1v) is 4.32. The second kappa shape index (κ2) is 3.65. The fraction of sp³-hybridized carbons (Fsp3) is 0.429. The van der Waals surface area contributed by atoms with Crippen LogP contribution in [-0.4, -0.2) is 38.2 Å². The highest BCUT2D eigenvalue weighted by Crippen LogP contribution is 2.16. The van der Waals surface area contributed by atoms with Crippen LogP contribution in [-0.2, 0) is 9.53 Å². The standard InChI is InChI=1S/C7H9N5O3/c1-2-15-6(14)4-5(13)12-7(11-10-4)8-3-9-12/h3,5,13H,2H2,1H3,(H,8,9,11). The van der Waals surface area contributed by atoms with Crippen molar-refractivity contribution in [3.8, 4) is 0 Å². The summed E-state index contributed by atoms with van der Waals surface area (Å²) < 4.78 is 5.85. The molecule has 8 nitrogen and oxygen atoms in total. The van der Waals surface area contributed by atoms with Gasteiger partial charge in [-0.1, -0.05) is 0 Å². The number of aliphatic hydroxyl groups is 1. The first kappa shape index (κ1) is 9.59. The number of ether oxygens (including phenoxy) is 1. The van der Waals surface area contributed by atoms with E-state index in [1.165, 1.54) is 6.33 Å². The molecule has 1 atom stereocenters.